The lowest BCUT2D eigenvalue weighted by Gasteiger charge is -2.23. The number of amides is 1. The third kappa shape index (κ3) is 2.21. The first kappa shape index (κ1) is 16.5. The summed E-state index contributed by atoms with van der Waals surface area (Å²) < 4.78 is 5.37. The average molecular weight is 324 g/mol. The van der Waals surface area contributed by atoms with Crippen molar-refractivity contribution in [2.75, 3.05) is 4.90 Å². The molecule has 1 N–H and O–H groups in total. The second-order valence-corrected chi connectivity index (χ2v) is 6.01. The maximum absolute atomic E-state index is 12.2. The quantitative estimate of drug-likeness (QED) is 0.920. The summed E-state index contributed by atoms with van der Waals surface area (Å²) >= 11 is 5.89. The molecule has 1 aromatic rings. The highest BCUT2D eigenvalue weighted by Gasteiger charge is 2.42. The number of carbonyl (C=O) groups is 1. The standard InChI is InChI=1S/C15H18ClN3O3/c1-5-15(4,6-2)11-9(7-17)12(18-22-11)19-13(20)8(3)10(16)14(19)21/h13,20H,5-6H2,1-4H3. The number of carbonyl (C=O) groups excluding carboxylic acids is 1. The van der Waals surface area contributed by atoms with Gasteiger partial charge in [0.1, 0.15) is 16.7 Å². The zero-order chi connectivity index (χ0) is 16.7. The minimum Gasteiger partial charge on any atom is -0.369 e. The third-order valence-corrected chi connectivity index (χ3v) is 4.97. The van der Waals surface area contributed by atoms with Gasteiger partial charge in [0.25, 0.3) is 5.91 Å². The van der Waals surface area contributed by atoms with Gasteiger partial charge in [-0.2, -0.15) is 5.26 Å². The van der Waals surface area contributed by atoms with Crippen molar-refractivity contribution in [1.29, 1.82) is 5.26 Å². The molecule has 0 radical (unpaired) electrons. The highest BCUT2D eigenvalue weighted by atomic mass is 35.5. The van der Waals surface area contributed by atoms with Crippen LogP contribution in [0.4, 0.5) is 5.82 Å². The van der Waals surface area contributed by atoms with Crippen LogP contribution in [0, 0.1) is 11.3 Å². The first-order valence-corrected chi connectivity index (χ1v) is 7.48. The Bertz CT molecular complexity index is 683. The number of hydrogen-bond acceptors (Lipinski definition) is 5. The molecular weight excluding hydrogens is 306 g/mol. The van der Waals surface area contributed by atoms with Crippen molar-refractivity contribution >= 4 is 23.3 Å². The molecule has 0 saturated carbocycles. The van der Waals surface area contributed by atoms with Crippen molar-refractivity contribution < 1.29 is 14.4 Å². The molecule has 0 spiro atoms. The Balaban J connectivity index is 2.55. The average Bonchev–Trinajstić information content (AvgIpc) is 3.03. The minimum atomic E-state index is -1.24. The fraction of sp³-hybridized carbons (Fsp3) is 0.533. The Morgan fingerprint density at radius 2 is 2.09 bits per heavy atom. The van der Waals surface area contributed by atoms with E-state index in [1.165, 1.54) is 0 Å². The molecule has 0 bridgehead atoms. The number of aromatic nitrogens is 1. The number of anilines is 1. The molecule has 0 fully saturated rings. The largest absolute Gasteiger partial charge is 0.369 e. The molecule has 1 unspecified atom stereocenters. The van der Waals surface area contributed by atoms with Crippen LogP contribution in [0.3, 0.4) is 0 Å². The van der Waals surface area contributed by atoms with Crippen LogP contribution in [0.15, 0.2) is 15.1 Å². The molecule has 0 aromatic carbocycles. The summed E-state index contributed by atoms with van der Waals surface area (Å²) in [4.78, 5) is 13.2. The predicted molar refractivity (Wildman–Crippen MR) is 81.2 cm³/mol. The van der Waals surface area contributed by atoms with E-state index < -0.39 is 12.1 Å². The molecule has 1 aromatic heterocycles. The van der Waals surface area contributed by atoms with Crippen LogP contribution < -0.4 is 4.90 Å². The van der Waals surface area contributed by atoms with Gasteiger partial charge in [0.2, 0.25) is 0 Å². The van der Waals surface area contributed by atoms with Crippen LogP contribution in [0.25, 0.3) is 0 Å². The molecule has 1 atom stereocenters. The summed E-state index contributed by atoms with van der Waals surface area (Å²) in [5.74, 6) is -0.147. The van der Waals surface area contributed by atoms with Crippen LogP contribution >= 0.6 is 11.6 Å². The Morgan fingerprint density at radius 3 is 2.50 bits per heavy atom. The Kier molecular flexibility index (Phi) is 4.32. The van der Waals surface area contributed by atoms with E-state index in [0.29, 0.717) is 11.3 Å². The van der Waals surface area contributed by atoms with Crippen molar-refractivity contribution in [3.05, 3.63) is 21.9 Å². The summed E-state index contributed by atoms with van der Waals surface area (Å²) in [7, 11) is 0. The summed E-state index contributed by atoms with van der Waals surface area (Å²) in [6.07, 6.45) is 0.266. The summed E-state index contributed by atoms with van der Waals surface area (Å²) in [6.45, 7) is 7.51. The third-order valence-electron chi connectivity index (χ3n) is 4.51. The van der Waals surface area contributed by atoms with Gasteiger partial charge in [-0.1, -0.05) is 37.5 Å². The maximum atomic E-state index is 12.2. The van der Waals surface area contributed by atoms with Crippen LogP contribution in [-0.2, 0) is 10.2 Å². The minimum absolute atomic E-state index is 0.0122. The lowest BCUT2D eigenvalue weighted by Crippen LogP contribution is -2.36. The fourth-order valence-corrected chi connectivity index (χ4v) is 2.62. The van der Waals surface area contributed by atoms with E-state index in [2.05, 4.69) is 5.16 Å². The van der Waals surface area contributed by atoms with E-state index >= 15 is 0 Å². The zero-order valence-electron chi connectivity index (χ0n) is 13.0. The molecule has 7 heteroatoms. The van der Waals surface area contributed by atoms with Crippen molar-refractivity contribution in [3.63, 3.8) is 0 Å². The SMILES string of the molecule is CCC(C)(CC)c1onc(N2C(=O)C(Cl)=C(C)C2O)c1C#N. The van der Waals surface area contributed by atoms with Gasteiger partial charge < -0.3 is 9.63 Å². The molecule has 1 amide bonds. The fourth-order valence-electron chi connectivity index (χ4n) is 2.43. The van der Waals surface area contributed by atoms with E-state index in [4.69, 9.17) is 16.1 Å². The normalized spacial score (nSPS) is 19.0. The van der Waals surface area contributed by atoms with Crippen LogP contribution in [-0.4, -0.2) is 22.4 Å². The first-order valence-electron chi connectivity index (χ1n) is 7.10. The van der Waals surface area contributed by atoms with Crippen LogP contribution in [0.1, 0.15) is 51.9 Å². The van der Waals surface area contributed by atoms with E-state index in [1.54, 1.807) is 6.92 Å². The van der Waals surface area contributed by atoms with Gasteiger partial charge in [-0.15, -0.1) is 0 Å². The Hall–Kier alpha value is -1.84. The van der Waals surface area contributed by atoms with Crippen molar-refractivity contribution in [3.8, 4) is 6.07 Å². The number of rotatable bonds is 4. The second-order valence-electron chi connectivity index (χ2n) is 5.64. The van der Waals surface area contributed by atoms with E-state index in [9.17, 15) is 15.2 Å². The lowest BCUT2D eigenvalue weighted by molar-refractivity contribution is -0.115. The van der Waals surface area contributed by atoms with Gasteiger partial charge in [-0.25, -0.2) is 0 Å². The van der Waals surface area contributed by atoms with Crippen LogP contribution in [0.2, 0.25) is 0 Å². The Morgan fingerprint density at radius 1 is 1.50 bits per heavy atom. The molecule has 6 nitrogen and oxygen atoms in total. The molecular formula is C15H18ClN3O3. The van der Waals surface area contributed by atoms with Crippen LogP contribution in [0.5, 0.6) is 0 Å². The second kappa shape index (κ2) is 5.75. The number of halogens is 1. The molecule has 2 heterocycles. The predicted octanol–water partition coefficient (Wildman–Crippen LogP) is 2.80. The molecule has 0 aliphatic carbocycles. The highest BCUT2D eigenvalue weighted by Crippen LogP contribution is 2.39. The number of nitriles is 1. The van der Waals surface area contributed by atoms with Crippen molar-refractivity contribution in [2.45, 2.75) is 52.2 Å². The molecule has 1 aliphatic rings. The summed E-state index contributed by atoms with van der Waals surface area (Å²) in [6, 6.07) is 2.04. The van der Waals surface area contributed by atoms with Crippen molar-refractivity contribution in [1.82, 2.24) is 5.16 Å². The topological polar surface area (TPSA) is 90.4 Å². The Labute approximate surface area is 133 Å². The van der Waals surface area contributed by atoms with Gasteiger partial charge in [-0.3, -0.25) is 9.69 Å². The monoisotopic (exact) mass is 323 g/mol. The molecule has 22 heavy (non-hydrogen) atoms. The van der Waals surface area contributed by atoms with Gasteiger partial charge >= 0.3 is 0 Å². The molecule has 118 valence electrons. The van der Waals surface area contributed by atoms with Gasteiger partial charge in [0, 0.05) is 11.0 Å². The summed E-state index contributed by atoms with van der Waals surface area (Å²) in [5, 5.41) is 23.5. The maximum Gasteiger partial charge on any atom is 0.273 e. The number of aliphatic hydroxyl groups is 1. The van der Waals surface area contributed by atoms with Gasteiger partial charge in [0.05, 0.1) is 0 Å². The van der Waals surface area contributed by atoms with Crippen molar-refractivity contribution in [2.24, 2.45) is 0 Å². The number of hydrogen-bond donors (Lipinski definition) is 1. The van der Waals surface area contributed by atoms with E-state index in [0.717, 1.165) is 17.7 Å². The van der Waals surface area contributed by atoms with E-state index in [-0.39, 0.29) is 21.8 Å². The number of aliphatic hydroxyl groups excluding tert-OH is 1. The first-order chi connectivity index (χ1) is 10.3. The molecule has 0 saturated heterocycles. The zero-order valence-corrected chi connectivity index (χ0v) is 13.7. The van der Waals surface area contributed by atoms with Gasteiger partial charge in [-0.05, 0) is 19.8 Å². The smallest absolute Gasteiger partial charge is 0.273 e. The number of nitrogens with zero attached hydrogens (tertiary/aromatic N) is 3. The lowest BCUT2D eigenvalue weighted by atomic mass is 9.80. The molecule has 2 rings (SSSR count). The van der Waals surface area contributed by atoms with Gasteiger partial charge in [0.15, 0.2) is 17.8 Å². The van der Waals surface area contributed by atoms with E-state index in [1.807, 2.05) is 26.8 Å². The summed E-state index contributed by atoms with van der Waals surface area (Å²) in [5.41, 5.74) is 0.127. The molecule has 1 aliphatic heterocycles. The highest BCUT2D eigenvalue weighted by molar-refractivity contribution is 6.45.